The van der Waals surface area contributed by atoms with Crippen LogP contribution >= 0.6 is 0 Å². The van der Waals surface area contributed by atoms with E-state index in [4.69, 9.17) is 0 Å². The van der Waals surface area contributed by atoms with Gasteiger partial charge in [0.15, 0.2) is 0 Å². The quantitative estimate of drug-likeness (QED) is 0.812. The molecule has 1 heterocycles. The number of fused-ring (bicyclic) bond motifs is 1. The molecule has 1 aliphatic carbocycles. The molecule has 0 bridgehead atoms. The van der Waals surface area contributed by atoms with Crippen molar-refractivity contribution in [3.63, 3.8) is 0 Å². The predicted molar refractivity (Wildman–Crippen MR) is 65.4 cm³/mol. The molecule has 1 unspecified atom stereocenters. The van der Waals surface area contributed by atoms with Crippen LogP contribution in [0.1, 0.15) is 30.1 Å². The number of aliphatic hydroxyl groups is 1. The van der Waals surface area contributed by atoms with Crippen molar-refractivity contribution >= 4 is 0 Å². The zero-order chi connectivity index (χ0) is 11.7. The topological polar surface area (TPSA) is 46.0 Å². The van der Waals surface area contributed by atoms with Gasteiger partial charge in [-0.25, -0.2) is 9.97 Å². The van der Waals surface area contributed by atoms with Crippen molar-refractivity contribution < 1.29 is 5.11 Å². The number of aryl methyl sites for hydroxylation is 1. The highest BCUT2D eigenvalue weighted by molar-refractivity contribution is 5.63. The Morgan fingerprint density at radius 2 is 1.94 bits per heavy atom. The molecule has 0 saturated carbocycles. The average Bonchev–Trinajstić information content (AvgIpc) is 2.40. The van der Waals surface area contributed by atoms with E-state index in [9.17, 15) is 5.11 Å². The minimum Gasteiger partial charge on any atom is -0.388 e. The van der Waals surface area contributed by atoms with E-state index in [0.717, 1.165) is 36.0 Å². The second-order valence-electron chi connectivity index (χ2n) is 4.45. The summed E-state index contributed by atoms with van der Waals surface area (Å²) in [6.07, 6.45) is 7.85. The summed E-state index contributed by atoms with van der Waals surface area (Å²) in [5, 5.41) is 9.90. The summed E-state index contributed by atoms with van der Waals surface area (Å²) in [7, 11) is 0. The molecule has 3 nitrogen and oxygen atoms in total. The molecule has 0 spiro atoms. The van der Waals surface area contributed by atoms with Gasteiger partial charge in [0.25, 0.3) is 0 Å². The summed E-state index contributed by atoms with van der Waals surface area (Å²) < 4.78 is 0. The molecule has 1 N–H and O–H groups in total. The van der Waals surface area contributed by atoms with Gasteiger partial charge in [-0.2, -0.15) is 0 Å². The fourth-order valence-corrected chi connectivity index (χ4v) is 2.42. The van der Waals surface area contributed by atoms with Crippen molar-refractivity contribution in [1.82, 2.24) is 9.97 Å². The van der Waals surface area contributed by atoms with Crippen LogP contribution in [0.3, 0.4) is 0 Å². The molecule has 1 aromatic heterocycles. The van der Waals surface area contributed by atoms with Crippen molar-refractivity contribution in [2.45, 2.75) is 25.4 Å². The lowest BCUT2D eigenvalue weighted by atomic mass is 9.87. The summed E-state index contributed by atoms with van der Waals surface area (Å²) in [5.74, 6) is 0. The van der Waals surface area contributed by atoms with Gasteiger partial charge in [0.05, 0.1) is 6.10 Å². The first kappa shape index (κ1) is 10.4. The van der Waals surface area contributed by atoms with Crippen LogP contribution in [0.15, 0.2) is 36.9 Å². The first-order valence-corrected chi connectivity index (χ1v) is 5.91. The standard InChI is InChI=1S/C14H14N2O/c17-14-3-1-2-11-6-10(4-5-13(11)14)12-7-15-9-16-8-12/h4-9,14,17H,1-3H2. The number of benzene rings is 1. The first-order valence-electron chi connectivity index (χ1n) is 5.91. The number of aliphatic hydroxyl groups excluding tert-OH is 1. The summed E-state index contributed by atoms with van der Waals surface area (Å²) >= 11 is 0. The van der Waals surface area contributed by atoms with Gasteiger partial charge in [-0.15, -0.1) is 0 Å². The second-order valence-corrected chi connectivity index (χ2v) is 4.45. The van der Waals surface area contributed by atoms with Gasteiger partial charge >= 0.3 is 0 Å². The Balaban J connectivity index is 2.04. The fraction of sp³-hybridized carbons (Fsp3) is 0.286. The Kier molecular flexibility index (Phi) is 2.61. The van der Waals surface area contributed by atoms with Crippen LogP contribution in [0.4, 0.5) is 0 Å². The van der Waals surface area contributed by atoms with E-state index in [1.54, 1.807) is 0 Å². The van der Waals surface area contributed by atoms with Crippen LogP contribution in [-0.4, -0.2) is 15.1 Å². The molecule has 3 heteroatoms. The van der Waals surface area contributed by atoms with Crippen LogP contribution in [-0.2, 0) is 6.42 Å². The molecule has 0 saturated heterocycles. The Morgan fingerprint density at radius 3 is 2.76 bits per heavy atom. The molecule has 17 heavy (non-hydrogen) atoms. The van der Waals surface area contributed by atoms with Crippen molar-refractivity contribution in [3.05, 3.63) is 48.0 Å². The molecule has 0 fully saturated rings. The molecule has 0 aliphatic heterocycles. The minimum absolute atomic E-state index is 0.292. The minimum atomic E-state index is -0.292. The Bertz CT molecular complexity index is 525. The fourth-order valence-electron chi connectivity index (χ4n) is 2.42. The molecule has 2 aromatic rings. The van der Waals surface area contributed by atoms with E-state index in [1.807, 2.05) is 24.5 Å². The maximum Gasteiger partial charge on any atom is 0.115 e. The Morgan fingerprint density at radius 1 is 1.12 bits per heavy atom. The lowest BCUT2D eigenvalue weighted by Gasteiger charge is -2.21. The van der Waals surface area contributed by atoms with E-state index >= 15 is 0 Å². The van der Waals surface area contributed by atoms with E-state index in [2.05, 4.69) is 16.0 Å². The summed E-state index contributed by atoms with van der Waals surface area (Å²) in [6, 6.07) is 6.21. The van der Waals surface area contributed by atoms with Gasteiger partial charge in [-0.3, -0.25) is 0 Å². The normalized spacial score (nSPS) is 18.8. The monoisotopic (exact) mass is 226 g/mol. The molecular formula is C14H14N2O. The van der Waals surface area contributed by atoms with Gasteiger partial charge in [0.2, 0.25) is 0 Å². The average molecular weight is 226 g/mol. The van der Waals surface area contributed by atoms with Crippen LogP contribution in [0, 0.1) is 0 Å². The Labute approximate surface area is 100 Å². The highest BCUT2D eigenvalue weighted by Crippen LogP contribution is 2.32. The highest BCUT2D eigenvalue weighted by atomic mass is 16.3. The van der Waals surface area contributed by atoms with Crippen LogP contribution in [0.25, 0.3) is 11.1 Å². The molecular weight excluding hydrogens is 212 g/mol. The molecule has 1 aromatic carbocycles. The van der Waals surface area contributed by atoms with Crippen LogP contribution < -0.4 is 0 Å². The smallest absolute Gasteiger partial charge is 0.115 e. The molecule has 0 radical (unpaired) electrons. The molecule has 1 atom stereocenters. The largest absolute Gasteiger partial charge is 0.388 e. The SMILES string of the molecule is OC1CCCc2cc(-c3cncnc3)ccc21. The van der Waals surface area contributed by atoms with E-state index < -0.39 is 0 Å². The number of nitrogens with zero attached hydrogens (tertiary/aromatic N) is 2. The molecule has 0 amide bonds. The van der Waals surface area contributed by atoms with Gasteiger partial charge in [0, 0.05) is 18.0 Å². The van der Waals surface area contributed by atoms with Crippen molar-refractivity contribution in [3.8, 4) is 11.1 Å². The van der Waals surface area contributed by atoms with Crippen molar-refractivity contribution in [1.29, 1.82) is 0 Å². The molecule has 1 aliphatic rings. The number of rotatable bonds is 1. The summed E-state index contributed by atoms with van der Waals surface area (Å²) in [6.45, 7) is 0. The number of hydrogen-bond acceptors (Lipinski definition) is 3. The zero-order valence-electron chi connectivity index (χ0n) is 9.50. The highest BCUT2D eigenvalue weighted by Gasteiger charge is 2.17. The lowest BCUT2D eigenvalue weighted by molar-refractivity contribution is 0.156. The zero-order valence-corrected chi connectivity index (χ0v) is 9.50. The third-order valence-electron chi connectivity index (χ3n) is 3.32. The second kappa shape index (κ2) is 4.26. The van der Waals surface area contributed by atoms with E-state index in [1.165, 1.54) is 11.9 Å². The molecule has 3 rings (SSSR count). The maximum absolute atomic E-state index is 9.90. The van der Waals surface area contributed by atoms with Crippen LogP contribution in [0.2, 0.25) is 0 Å². The number of aromatic nitrogens is 2. The first-order chi connectivity index (χ1) is 8.34. The van der Waals surface area contributed by atoms with Gasteiger partial charge in [-0.1, -0.05) is 18.2 Å². The van der Waals surface area contributed by atoms with Crippen molar-refractivity contribution in [2.75, 3.05) is 0 Å². The van der Waals surface area contributed by atoms with Gasteiger partial charge in [-0.05, 0) is 36.0 Å². The lowest BCUT2D eigenvalue weighted by Crippen LogP contribution is -2.08. The summed E-state index contributed by atoms with van der Waals surface area (Å²) in [5.41, 5.74) is 4.48. The third kappa shape index (κ3) is 1.94. The maximum atomic E-state index is 9.90. The van der Waals surface area contributed by atoms with E-state index in [0.29, 0.717) is 0 Å². The van der Waals surface area contributed by atoms with E-state index in [-0.39, 0.29) is 6.10 Å². The Hall–Kier alpha value is -1.74. The van der Waals surface area contributed by atoms with Crippen molar-refractivity contribution in [2.24, 2.45) is 0 Å². The predicted octanol–water partition coefficient (Wildman–Crippen LogP) is 2.51. The van der Waals surface area contributed by atoms with Gasteiger partial charge < -0.3 is 5.11 Å². The summed E-state index contributed by atoms with van der Waals surface area (Å²) in [4.78, 5) is 8.06. The molecule has 86 valence electrons. The number of hydrogen-bond donors (Lipinski definition) is 1. The van der Waals surface area contributed by atoms with Crippen LogP contribution in [0.5, 0.6) is 0 Å². The third-order valence-corrected chi connectivity index (χ3v) is 3.32. The van der Waals surface area contributed by atoms with Gasteiger partial charge in [0.1, 0.15) is 6.33 Å².